The SMILES string of the molecule is O=C=Nc1ccc(N=Nc2ccc(N=C=O)cc2)cc1. The van der Waals surface area contributed by atoms with Crippen LogP contribution in [-0.2, 0) is 9.59 Å². The first kappa shape index (κ1) is 13.2. The predicted molar refractivity (Wildman–Crippen MR) is 72.6 cm³/mol. The molecule has 6 heteroatoms. The van der Waals surface area contributed by atoms with Crippen molar-refractivity contribution < 1.29 is 9.59 Å². The number of aliphatic imine (C=N–C) groups is 2. The lowest BCUT2D eigenvalue weighted by Gasteiger charge is -1.94. The smallest absolute Gasteiger partial charge is 0.211 e. The van der Waals surface area contributed by atoms with Crippen LogP contribution in [0, 0.1) is 0 Å². The summed E-state index contributed by atoms with van der Waals surface area (Å²) in [4.78, 5) is 27.1. The fraction of sp³-hybridized carbons (Fsp3) is 0. The molecule has 0 aliphatic carbocycles. The zero-order valence-corrected chi connectivity index (χ0v) is 10.2. The molecule has 0 heterocycles. The van der Waals surface area contributed by atoms with E-state index >= 15 is 0 Å². The minimum Gasteiger partial charge on any atom is -0.211 e. The molecule has 0 spiro atoms. The van der Waals surface area contributed by atoms with E-state index in [0.717, 1.165) is 0 Å². The van der Waals surface area contributed by atoms with E-state index in [4.69, 9.17) is 0 Å². The second kappa shape index (κ2) is 6.66. The van der Waals surface area contributed by atoms with Crippen molar-refractivity contribution in [1.82, 2.24) is 0 Å². The van der Waals surface area contributed by atoms with E-state index < -0.39 is 0 Å². The summed E-state index contributed by atoms with van der Waals surface area (Å²) in [6.07, 6.45) is 2.92. The molecule has 0 aliphatic heterocycles. The van der Waals surface area contributed by atoms with Gasteiger partial charge in [0.1, 0.15) is 0 Å². The van der Waals surface area contributed by atoms with E-state index in [9.17, 15) is 9.59 Å². The molecule has 0 fully saturated rings. The zero-order chi connectivity index (χ0) is 14.2. The van der Waals surface area contributed by atoms with E-state index in [1.165, 1.54) is 12.2 Å². The molecule has 0 bridgehead atoms. The molecule has 0 saturated heterocycles. The first-order chi connectivity index (χ1) is 9.81. The van der Waals surface area contributed by atoms with Crippen molar-refractivity contribution >= 4 is 34.9 Å². The quantitative estimate of drug-likeness (QED) is 0.474. The first-order valence-electron chi connectivity index (χ1n) is 5.59. The minimum absolute atomic E-state index is 0.509. The number of hydrogen-bond donors (Lipinski definition) is 0. The molecule has 0 saturated carbocycles. The maximum absolute atomic E-state index is 10.1. The zero-order valence-electron chi connectivity index (χ0n) is 10.2. The Balaban J connectivity index is 2.12. The van der Waals surface area contributed by atoms with Crippen molar-refractivity contribution in [2.45, 2.75) is 0 Å². The van der Waals surface area contributed by atoms with Gasteiger partial charge in [-0.3, -0.25) is 0 Å². The molecule has 96 valence electrons. The van der Waals surface area contributed by atoms with Crippen LogP contribution in [0.25, 0.3) is 0 Å². The Bertz CT molecular complexity index is 644. The number of benzene rings is 2. The normalized spacial score (nSPS) is 9.80. The molecule has 0 radical (unpaired) electrons. The third-order valence-electron chi connectivity index (χ3n) is 2.33. The lowest BCUT2D eigenvalue weighted by atomic mass is 10.3. The van der Waals surface area contributed by atoms with Gasteiger partial charge in [-0.05, 0) is 48.5 Å². The summed E-state index contributed by atoms with van der Waals surface area (Å²) in [5.41, 5.74) is 2.28. The van der Waals surface area contributed by atoms with Gasteiger partial charge in [-0.25, -0.2) is 9.59 Å². The summed E-state index contributed by atoms with van der Waals surface area (Å²) in [7, 11) is 0. The third kappa shape index (κ3) is 3.65. The predicted octanol–water partition coefficient (Wildman–Crippen LogP) is 4.04. The summed E-state index contributed by atoms with van der Waals surface area (Å²) < 4.78 is 0. The number of nitrogens with zero attached hydrogens (tertiary/aromatic N) is 4. The number of azo groups is 1. The second-order valence-electron chi connectivity index (χ2n) is 3.64. The Morgan fingerprint density at radius 3 is 1.15 bits per heavy atom. The van der Waals surface area contributed by atoms with Crippen LogP contribution in [0.3, 0.4) is 0 Å². The van der Waals surface area contributed by atoms with E-state index in [0.29, 0.717) is 22.7 Å². The third-order valence-corrected chi connectivity index (χ3v) is 2.33. The van der Waals surface area contributed by atoms with E-state index in [-0.39, 0.29) is 0 Å². The van der Waals surface area contributed by atoms with Crippen LogP contribution in [0.4, 0.5) is 22.7 Å². The number of isocyanates is 2. The van der Waals surface area contributed by atoms with Gasteiger partial charge >= 0.3 is 0 Å². The second-order valence-corrected chi connectivity index (χ2v) is 3.64. The molecule has 0 unspecified atom stereocenters. The Hall–Kier alpha value is -3.20. The molecule has 0 atom stereocenters. The molecule has 0 N–H and O–H groups in total. The average molecular weight is 264 g/mol. The van der Waals surface area contributed by atoms with Gasteiger partial charge in [0, 0.05) is 0 Å². The largest absolute Gasteiger partial charge is 0.240 e. The van der Waals surface area contributed by atoms with Crippen LogP contribution in [-0.4, -0.2) is 12.2 Å². The molecule has 0 aromatic heterocycles. The van der Waals surface area contributed by atoms with Crippen molar-refractivity contribution in [1.29, 1.82) is 0 Å². The van der Waals surface area contributed by atoms with Crippen molar-refractivity contribution in [3.63, 3.8) is 0 Å². The van der Waals surface area contributed by atoms with Crippen LogP contribution in [0.1, 0.15) is 0 Å². The molecular weight excluding hydrogens is 256 g/mol. The molecule has 0 aliphatic rings. The summed E-state index contributed by atoms with van der Waals surface area (Å²) in [5.74, 6) is 0. The molecule has 2 aromatic rings. The highest BCUT2D eigenvalue weighted by molar-refractivity contribution is 5.54. The van der Waals surface area contributed by atoms with Gasteiger partial charge in [0.15, 0.2) is 0 Å². The summed E-state index contributed by atoms with van der Waals surface area (Å²) in [5, 5.41) is 8.06. The van der Waals surface area contributed by atoms with E-state index in [2.05, 4.69) is 20.2 Å². The molecule has 6 nitrogen and oxygen atoms in total. The van der Waals surface area contributed by atoms with Crippen molar-refractivity contribution in [2.75, 3.05) is 0 Å². The fourth-order valence-electron chi connectivity index (χ4n) is 1.41. The Morgan fingerprint density at radius 1 is 0.550 bits per heavy atom. The molecular formula is C14H8N4O2. The highest BCUT2D eigenvalue weighted by atomic mass is 16.1. The lowest BCUT2D eigenvalue weighted by molar-refractivity contribution is 0.564. The molecule has 20 heavy (non-hydrogen) atoms. The highest BCUT2D eigenvalue weighted by Gasteiger charge is 1.93. The topological polar surface area (TPSA) is 83.6 Å². The Morgan fingerprint density at radius 2 is 0.850 bits per heavy atom. The number of rotatable bonds is 4. The van der Waals surface area contributed by atoms with Crippen molar-refractivity contribution in [2.24, 2.45) is 20.2 Å². The van der Waals surface area contributed by atoms with Gasteiger partial charge in [-0.15, -0.1) is 0 Å². The minimum atomic E-state index is 0.509. The Labute approximate surface area is 114 Å². The number of carbonyl (C=O) groups excluding carboxylic acids is 2. The van der Waals surface area contributed by atoms with Crippen LogP contribution < -0.4 is 0 Å². The van der Waals surface area contributed by atoms with E-state index in [1.54, 1.807) is 48.5 Å². The monoisotopic (exact) mass is 264 g/mol. The van der Waals surface area contributed by atoms with Gasteiger partial charge < -0.3 is 0 Å². The fourth-order valence-corrected chi connectivity index (χ4v) is 1.41. The van der Waals surface area contributed by atoms with Gasteiger partial charge in [0.2, 0.25) is 12.2 Å². The van der Waals surface area contributed by atoms with Crippen LogP contribution in [0.2, 0.25) is 0 Å². The average Bonchev–Trinajstić information content (AvgIpc) is 2.49. The maximum Gasteiger partial charge on any atom is 0.240 e. The summed E-state index contributed by atoms with van der Waals surface area (Å²) >= 11 is 0. The summed E-state index contributed by atoms with van der Waals surface area (Å²) in [6.45, 7) is 0. The van der Waals surface area contributed by atoms with Crippen LogP contribution in [0.15, 0.2) is 68.7 Å². The Kier molecular flexibility index (Phi) is 4.41. The van der Waals surface area contributed by atoms with Gasteiger partial charge in [-0.1, -0.05) is 0 Å². The molecule has 2 aromatic carbocycles. The molecule has 2 rings (SSSR count). The van der Waals surface area contributed by atoms with Crippen molar-refractivity contribution in [3.05, 3.63) is 48.5 Å². The van der Waals surface area contributed by atoms with Crippen LogP contribution >= 0.6 is 0 Å². The lowest BCUT2D eigenvalue weighted by Crippen LogP contribution is -1.67. The van der Waals surface area contributed by atoms with Gasteiger partial charge in [-0.2, -0.15) is 20.2 Å². The highest BCUT2D eigenvalue weighted by Crippen LogP contribution is 2.22. The first-order valence-corrected chi connectivity index (χ1v) is 5.59. The van der Waals surface area contributed by atoms with Crippen molar-refractivity contribution in [3.8, 4) is 0 Å². The van der Waals surface area contributed by atoms with E-state index in [1.807, 2.05) is 0 Å². The maximum atomic E-state index is 10.1. The van der Waals surface area contributed by atoms with Gasteiger partial charge in [0.25, 0.3) is 0 Å². The molecule has 0 amide bonds. The van der Waals surface area contributed by atoms with Gasteiger partial charge in [0.05, 0.1) is 22.7 Å². The number of hydrogen-bond acceptors (Lipinski definition) is 6. The summed E-state index contributed by atoms with van der Waals surface area (Å²) in [6, 6.07) is 13.3. The van der Waals surface area contributed by atoms with Crippen LogP contribution in [0.5, 0.6) is 0 Å². The standard InChI is InChI=1S/C14H8N4O2/c19-9-15-11-1-5-13(6-2-11)17-18-14-7-3-12(4-8-14)16-10-20/h1-8H.